The van der Waals surface area contributed by atoms with E-state index in [2.05, 4.69) is 36.2 Å². The summed E-state index contributed by atoms with van der Waals surface area (Å²) in [6.45, 7) is 2.05. The van der Waals surface area contributed by atoms with E-state index in [1.165, 1.54) is 0 Å². The highest BCUT2D eigenvalue weighted by Crippen LogP contribution is 2.24. The summed E-state index contributed by atoms with van der Waals surface area (Å²) in [5, 5.41) is 9.99. The van der Waals surface area contributed by atoms with Gasteiger partial charge in [0.1, 0.15) is 0 Å². The van der Waals surface area contributed by atoms with Crippen molar-refractivity contribution in [2.24, 2.45) is 0 Å². The van der Waals surface area contributed by atoms with E-state index in [1.807, 2.05) is 36.4 Å². The third kappa shape index (κ3) is 2.07. The van der Waals surface area contributed by atoms with Gasteiger partial charge in [0.15, 0.2) is 0 Å². The fraction of sp³-hybridized carbons (Fsp3) is 0.0588. The first kappa shape index (κ1) is 11.4. The van der Waals surface area contributed by atoms with E-state index < -0.39 is 0 Å². The molecule has 0 bridgehead atoms. The van der Waals surface area contributed by atoms with E-state index in [1.54, 1.807) is 0 Å². The number of nitrogens with zero attached hydrogens (tertiary/aromatic N) is 2. The van der Waals surface area contributed by atoms with E-state index in [-0.39, 0.29) is 0 Å². The molecular weight excluding hydrogens is 232 g/mol. The van der Waals surface area contributed by atoms with Gasteiger partial charge in [-0.15, -0.1) is 0 Å². The zero-order valence-electron chi connectivity index (χ0n) is 10.6. The van der Waals surface area contributed by atoms with Crippen molar-refractivity contribution in [3.8, 4) is 17.3 Å². The number of aromatic nitrogens is 1. The maximum Gasteiger partial charge on any atom is 0.0991 e. The molecule has 3 rings (SSSR count). The number of rotatable bonds is 1. The fourth-order valence-electron chi connectivity index (χ4n) is 2.22. The van der Waals surface area contributed by atoms with Crippen molar-refractivity contribution in [2.75, 3.05) is 0 Å². The molecule has 2 heteroatoms. The van der Waals surface area contributed by atoms with E-state index in [9.17, 15) is 0 Å². The molecule has 2 nitrogen and oxygen atoms in total. The lowest BCUT2D eigenvalue weighted by atomic mass is 10.0. The minimum absolute atomic E-state index is 0.671. The van der Waals surface area contributed by atoms with Crippen LogP contribution in [0.3, 0.4) is 0 Å². The summed E-state index contributed by atoms with van der Waals surface area (Å²) >= 11 is 0. The molecule has 0 atom stereocenters. The van der Waals surface area contributed by atoms with Gasteiger partial charge in [-0.25, -0.2) is 4.98 Å². The van der Waals surface area contributed by atoms with Crippen molar-refractivity contribution in [2.45, 2.75) is 6.92 Å². The molecule has 2 aromatic carbocycles. The third-order valence-corrected chi connectivity index (χ3v) is 3.21. The second kappa shape index (κ2) is 4.55. The summed E-state index contributed by atoms with van der Waals surface area (Å²) in [5.74, 6) is 0. The van der Waals surface area contributed by atoms with Crippen LogP contribution in [0.5, 0.6) is 0 Å². The molecule has 90 valence electrons. The summed E-state index contributed by atoms with van der Waals surface area (Å²) in [5.41, 5.74) is 4.82. The van der Waals surface area contributed by atoms with Crippen LogP contribution in [0.25, 0.3) is 22.2 Å². The van der Waals surface area contributed by atoms with Gasteiger partial charge >= 0.3 is 0 Å². The zero-order chi connectivity index (χ0) is 13.2. The van der Waals surface area contributed by atoms with E-state index in [0.717, 1.165) is 27.7 Å². The summed E-state index contributed by atoms with van der Waals surface area (Å²) < 4.78 is 0. The molecule has 0 fully saturated rings. The zero-order valence-corrected chi connectivity index (χ0v) is 10.6. The number of fused-ring (bicyclic) bond motifs is 1. The Hall–Kier alpha value is -2.66. The summed E-state index contributed by atoms with van der Waals surface area (Å²) in [6, 6.07) is 20.0. The number of pyridine rings is 1. The number of hydrogen-bond donors (Lipinski definition) is 0. The van der Waals surface area contributed by atoms with Crippen molar-refractivity contribution in [3.05, 3.63) is 65.7 Å². The molecule has 19 heavy (non-hydrogen) atoms. The van der Waals surface area contributed by atoms with Crippen LogP contribution >= 0.6 is 0 Å². The first-order valence-corrected chi connectivity index (χ1v) is 6.15. The first-order chi connectivity index (χ1) is 9.28. The lowest BCUT2D eigenvalue weighted by molar-refractivity contribution is 1.36. The van der Waals surface area contributed by atoms with Crippen LogP contribution < -0.4 is 0 Å². The predicted molar refractivity (Wildman–Crippen MR) is 76.6 cm³/mol. The number of hydrogen-bond acceptors (Lipinski definition) is 2. The minimum atomic E-state index is 0.671. The predicted octanol–water partition coefficient (Wildman–Crippen LogP) is 4.08. The van der Waals surface area contributed by atoms with Crippen molar-refractivity contribution < 1.29 is 0 Å². The Balaban J connectivity index is 2.24. The number of nitriles is 1. The highest BCUT2D eigenvalue weighted by atomic mass is 14.7. The van der Waals surface area contributed by atoms with Crippen LogP contribution in [0.15, 0.2) is 54.6 Å². The van der Waals surface area contributed by atoms with Gasteiger partial charge in [0, 0.05) is 10.9 Å². The summed E-state index contributed by atoms with van der Waals surface area (Å²) in [4.78, 5) is 4.67. The van der Waals surface area contributed by atoms with Gasteiger partial charge in [-0.3, -0.25) is 0 Å². The average Bonchev–Trinajstić information content (AvgIpc) is 2.48. The largest absolute Gasteiger partial charge is 0.248 e. The molecule has 1 aromatic heterocycles. The fourth-order valence-corrected chi connectivity index (χ4v) is 2.22. The molecule has 0 unspecified atom stereocenters. The standard InChI is InChI=1S/C17H12N2/c1-12-9-17(14-5-3-2-4-6-14)19-16-8-7-13(11-18)10-15(12)16/h2-10H,1H3. The molecule has 1 heterocycles. The van der Waals surface area contributed by atoms with Crippen LogP contribution in [0.4, 0.5) is 0 Å². The molecular formula is C17H12N2. The van der Waals surface area contributed by atoms with Gasteiger partial charge in [-0.1, -0.05) is 30.3 Å². The van der Waals surface area contributed by atoms with Gasteiger partial charge in [0.25, 0.3) is 0 Å². The molecule has 0 amide bonds. The van der Waals surface area contributed by atoms with Gasteiger partial charge in [0.05, 0.1) is 22.8 Å². The highest BCUT2D eigenvalue weighted by Gasteiger charge is 2.05. The van der Waals surface area contributed by atoms with Crippen molar-refractivity contribution >= 4 is 10.9 Å². The number of aryl methyl sites for hydroxylation is 1. The Labute approximate surface area is 112 Å². The Morgan fingerprint density at radius 3 is 2.53 bits per heavy atom. The van der Waals surface area contributed by atoms with Crippen LogP contribution in [0.2, 0.25) is 0 Å². The third-order valence-electron chi connectivity index (χ3n) is 3.21. The van der Waals surface area contributed by atoms with Crippen molar-refractivity contribution in [1.82, 2.24) is 4.98 Å². The van der Waals surface area contributed by atoms with E-state index in [0.29, 0.717) is 5.56 Å². The lowest BCUT2D eigenvalue weighted by Crippen LogP contribution is -1.89. The molecule has 0 spiro atoms. The van der Waals surface area contributed by atoms with Crippen LogP contribution in [-0.2, 0) is 0 Å². The second-order valence-electron chi connectivity index (χ2n) is 4.53. The summed E-state index contributed by atoms with van der Waals surface area (Å²) in [6.07, 6.45) is 0. The van der Waals surface area contributed by atoms with Crippen LogP contribution in [0.1, 0.15) is 11.1 Å². The van der Waals surface area contributed by atoms with E-state index in [4.69, 9.17) is 5.26 Å². The minimum Gasteiger partial charge on any atom is -0.248 e. The second-order valence-corrected chi connectivity index (χ2v) is 4.53. The van der Waals surface area contributed by atoms with Gasteiger partial charge in [-0.2, -0.15) is 5.26 Å². The Morgan fingerprint density at radius 2 is 1.79 bits per heavy atom. The number of benzene rings is 2. The molecule has 0 aliphatic rings. The monoisotopic (exact) mass is 244 g/mol. The maximum atomic E-state index is 8.95. The average molecular weight is 244 g/mol. The van der Waals surface area contributed by atoms with Crippen LogP contribution in [-0.4, -0.2) is 4.98 Å². The smallest absolute Gasteiger partial charge is 0.0991 e. The van der Waals surface area contributed by atoms with Gasteiger partial charge in [-0.05, 0) is 36.8 Å². The van der Waals surface area contributed by atoms with Crippen molar-refractivity contribution in [1.29, 1.82) is 5.26 Å². The molecule has 0 saturated heterocycles. The summed E-state index contributed by atoms with van der Waals surface area (Å²) in [7, 11) is 0. The molecule has 0 N–H and O–H groups in total. The SMILES string of the molecule is Cc1cc(-c2ccccc2)nc2ccc(C#N)cc12. The molecule has 0 saturated carbocycles. The van der Waals surface area contributed by atoms with Gasteiger partial charge in [0.2, 0.25) is 0 Å². The topological polar surface area (TPSA) is 36.7 Å². The van der Waals surface area contributed by atoms with Gasteiger partial charge < -0.3 is 0 Å². The molecule has 0 radical (unpaired) electrons. The molecule has 3 aromatic rings. The molecule has 0 aliphatic carbocycles. The molecule has 0 aliphatic heterocycles. The van der Waals surface area contributed by atoms with Crippen LogP contribution in [0, 0.1) is 18.3 Å². The quantitative estimate of drug-likeness (QED) is 0.646. The Bertz CT molecular complexity index is 783. The Morgan fingerprint density at radius 1 is 1.00 bits per heavy atom. The lowest BCUT2D eigenvalue weighted by Gasteiger charge is -2.07. The van der Waals surface area contributed by atoms with Crippen molar-refractivity contribution in [3.63, 3.8) is 0 Å². The normalized spacial score (nSPS) is 10.3. The van der Waals surface area contributed by atoms with E-state index >= 15 is 0 Å². The maximum absolute atomic E-state index is 8.95. The highest BCUT2D eigenvalue weighted by molar-refractivity contribution is 5.86. The Kier molecular flexibility index (Phi) is 2.74. The first-order valence-electron chi connectivity index (χ1n) is 6.15.